The molecular formula is C15H16N2O5S2. The number of carbonyl (C=O) groups is 1. The number of carbonyl (C=O) groups excluding carboxylic acids is 1. The van der Waals surface area contributed by atoms with E-state index in [4.69, 9.17) is 9.47 Å². The molecule has 1 aromatic carbocycles. The van der Waals surface area contributed by atoms with Crippen LogP contribution in [0.1, 0.15) is 12.1 Å². The first kappa shape index (κ1) is 16.7. The summed E-state index contributed by atoms with van der Waals surface area (Å²) in [6.07, 6.45) is -0.143. The predicted octanol–water partition coefficient (Wildman–Crippen LogP) is 2.03. The number of nitrogens with zero attached hydrogens (tertiary/aromatic N) is 1. The molecule has 1 aliphatic rings. The Labute approximate surface area is 143 Å². The molecule has 1 amide bonds. The molecule has 24 heavy (non-hydrogen) atoms. The molecule has 3 rings (SSSR count). The van der Waals surface area contributed by atoms with Crippen LogP contribution in [0.15, 0.2) is 28.5 Å². The van der Waals surface area contributed by atoms with Crippen molar-refractivity contribution in [3.05, 3.63) is 29.3 Å². The smallest absolute Gasteiger partial charge is 0.227 e. The lowest BCUT2D eigenvalue weighted by Crippen LogP contribution is -2.18. The maximum absolute atomic E-state index is 12.4. The minimum absolute atomic E-state index is 0.115. The number of hydrogen-bond acceptors (Lipinski definition) is 7. The first-order chi connectivity index (χ1) is 11.4. The molecular weight excluding hydrogens is 352 g/mol. The Hall–Kier alpha value is -2.13. The van der Waals surface area contributed by atoms with E-state index >= 15 is 0 Å². The topological polar surface area (TPSA) is 94.6 Å². The number of rotatable bonds is 5. The Balaban J connectivity index is 1.64. The number of aryl methyl sites for hydroxylation is 1. The number of ether oxygens (including phenoxy) is 2. The monoisotopic (exact) mass is 368 g/mol. The maximum Gasteiger partial charge on any atom is 0.227 e. The van der Waals surface area contributed by atoms with Gasteiger partial charge in [-0.2, -0.15) is 0 Å². The molecule has 0 radical (unpaired) electrons. The molecule has 0 unspecified atom stereocenters. The summed E-state index contributed by atoms with van der Waals surface area (Å²) in [7, 11) is -3.59. The van der Waals surface area contributed by atoms with Crippen molar-refractivity contribution in [2.45, 2.75) is 18.2 Å². The molecule has 2 heterocycles. The highest BCUT2D eigenvalue weighted by Gasteiger charge is 2.20. The third-order valence-corrected chi connectivity index (χ3v) is 5.93. The van der Waals surface area contributed by atoms with Gasteiger partial charge in [-0.1, -0.05) is 0 Å². The molecule has 7 nitrogen and oxygen atoms in total. The van der Waals surface area contributed by atoms with E-state index in [1.807, 2.05) is 12.3 Å². The normalized spacial score (nSPS) is 13.5. The van der Waals surface area contributed by atoms with Crippen LogP contribution in [0.5, 0.6) is 11.5 Å². The third kappa shape index (κ3) is 3.85. The van der Waals surface area contributed by atoms with Crippen molar-refractivity contribution >= 4 is 32.2 Å². The summed E-state index contributed by atoms with van der Waals surface area (Å²) in [4.78, 5) is 16.1. The van der Waals surface area contributed by atoms with E-state index in [0.717, 1.165) is 5.69 Å². The first-order valence-corrected chi connectivity index (χ1v) is 9.82. The highest BCUT2D eigenvalue weighted by atomic mass is 32.2. The number of thiazole rings is 1. The number of nitrogens with one attached hydrogen (secondary N) is 1. The van der Waals surface area contributed by atoms with E-state index in [0.29, 0.717) is 29.8 Å². The first-order valence-electron chi connectivity index (χ1n) is 7.28. The standard InChI is InChI=1S/C15H16N2O5S2/c1-10-9-23-15(16-10)17-14(18)4-7-24(19,20)11-2-3-12-13(8-11)22-6-5-21-12/h2-3,8-9H,4-7H2,1H3,(H,16,17,18). The van der Waals surface area contributed by atoms with Crippen LogP contribution in [0.25, 0.3) is 0 Å². The minimum Gasteiger partial charge on any atom is -0.486 e. The molecule has 0 saturated heterocycles. The number of anilines is 1. The van der Waals surface area contributed by atoms with E-state index < -0.39 is 9.84 Å². The Morgan fingerprint density at radius 1 is 1.29 bits per heavy atom. The average Bonchev–Trinajstić information content (AvgIpc) is 2.97. The third-order valence-electron chi connectivity index (χ3n) is 3.34. The van der Waals surface area contributed by atoms with Gasteiger partial charge in [-0.05, 0) is 19.1 Å². The van der Waals surface area contributed by atoms with Crippen molar-refractivity contribution < 1.29 is 22.7 Å². The predicted molar refractivity (Wildman–Crippen MR) is 89.6 cm³/mol. The summed E-state index contributed by atoms with van der Waals surface area (Å²) < 4.78 is 35.5. The fourth-order valence-electron chi connectivity index (χ4n) is 2.16. The fraction of sp³-hybridized carbons (Fsp3) is 0.333. The SMILES string of the molecule is Cc1csc(NC(=O)CCS(=O)(=O)c2ccc3c(c2)OCCO3)n1. The maximum atomic E-state index is 12.4. The van der Waals surface area contributed by atoms with Gasteiger partial charge in [0.2, 0.25) is 5.91 Å². The Morgan fingerprint density at radius 3 is 2.75 bits per heavy atom. The quantitative estimate of drug-likeness (QED) is 0.868. The molecule has 0 spiro atoms. The van der Waals surface area contributed by atoms with Gasteiger partial charge in [0.15, 0.2) is 26.5 Å². The van der Waals surface area contributed by atoms with Crippen molar-refractivity contribution in [2.75, 3.05) is 24.3 Å². The lowest BCUT2D eigenvalue weighted by atomic mass is 10.3. The van der Waals surface area contributed by atoms with Crippen LogP contribution >= 0.6 is 11.3 Å². The number of sulfone groups is 1. The zero-order valence-corrected chi connectivity index (χ0v) is 14.6. The average molecular weight is 368 g/mol. The number of benzene rings is 1. The molecule has 128 valence electrons. The van der Waals surface area contributed by atoms with Crippen LogP contribution in [-0.4, -0.2) is 38.3 Å². The fourth-order valence-corrected chi connectivity index (χ4v) is 4.11. The van der Waals surface area contributed by atoms with Gasteiger partial charge in [-0.15, -0.1) is 11.3 Å². The lowest BCUT2D eigenvalue weighted by molar-refractivity contribution is -0.115. The Morgan fingerprint density at radius 2 is 2.04 bits per heavy atom. The van der Waals surface area contributed by atoms with Crippen molar-refractivity contribution in [1.29, 1.82) is 0 Å². The summed E-state index contributed by atoms with van der Waals surface area (Å²) in [5.74, 6) is 0.260. The van der Waals surface area contributed by atoms with Crippen LogP contribution in [0.3, 0.4) is 0 Å². The van der Waals surface area contributed by atoms with Gasteiger partial charge in [0.05, 0.1) is 16.3 Å². The van der Waals surface area contributed by atoms with E-state index in [1.165, 1.54) is 23.5 Å². The van der Waals surface area contributed by atoms with Gasteiger partial charge in [0, 0.05) is 17.9 Å². The summed E-state index contributed by atoms with van der Waals surface area (Å²) >= 11 is 1.30. The van der Waals surface area contributed by atoms with Crippen LogP contribution < -0.4 is 14.8 Å². The summed E-state index contributed by atoms with van der Waals surface area (Å²) in [6.45, 7) is 2.64. The van der Waals surface area contributed by atoms with Crippen molar-refractivity contribution in [2.24, 2.45) is 0 Å². The summed E-state index contributed by atoms with van der Waals surface area (Å²) in [5.41, 5.74) is 0.805. The molecule has 1 N–H and O–H groups in total. The van der Waals surface area contributed by atoms with Gasteiger partial charge in [0.25, 0.3) is 0 Å². The molecule has 0 fully saturated rings. The summed E-state index contributed by atoms with van der Waals surface area (Å²) in [5, 5.41) is 4.87. The number of fused-ring (bicyclic) bond motifs is 1. The molecule has 0 bridgehead atoms. The van der Waals surface area contributed by atoms with E-state index in [9.17, 15) is 13.2 Å². The largest absolute Gasteiger partial charge is 0.486 e. The zero-order chi connectivity index (χ0) is 17.2. The second-order valence-electron chi connectivity index (χ2n) is 5.22. The molecule has 2 aromatic rings. The van der Waals surface area contributed by atoms with E-state index in [-0.39, 0.29) is 23.0 Å². The highest BCUT2D eigenvalue weighted by Crippen LogP contribution is 2.32. The van der Waals surface area contributed by atoms with Crippen LogP contribution in [0.2, 0.25) is 0 Å². The highest BCUT2D eigenvalue weighted by molar-refractivity contribution is 7.91. The molecule has 9 heteroatoms. The Bertz CT molecular complexity index is 860. The van der Waals surface area contributed by atoms with Gasteiger partial charge < -0.3 is 14.8 Å². The second-order valence-corrected chi connectivity index (χ2v) is 8.18. The molecule has 0 atom stereocenters. The van der Waals surface area contributed by atoms with Crippen molar-refractivity contribution in [1.82, 2.24) is 4.98 Å². The molecule has 0 aliphatic carbocycles. The van der Waals surface area contributed by atoms with Gasteiger partial charge in [-0.3, -0.25) is 4.79 Å². The van der Waals surface area contributed by atoms with Crippen molar-refractivity contribution in [3.63, 3.8) is 0 Å². The van der Waals surface area contributed by atoms with Crippen LogP contribution in [0.4, 0.5) is 5.13 Å². The lowest BCUT2D eigenvalue weighted by Gasteiger charge is -2.18. The zero-order valence-electron chi connectivity index (χ0n) is 12.9. The van der Waals surface area contributed by atoms with E-state index in [2.05, 4.69) is 10.3 Å². The van der Waals surface area contributed by atoms with Gasteiger partial charge >= 0.3 is 0 Å². The van der Waals surface area contributed by atoms with Crippen LogP contribution in [0, 0.1) is 6.92 Å². The number of aromatic nitrogens is 1. The summed E-state index contributed by atoms with van der Waals surface area (Å²) in [6, 6.07) is 4.47. The molecule has 1 aliphatic heterocycles. The van der Waals surface area contributed by atoms with Crippen LogP contribution in [-0.2, 0) is 14.6 Å². The minimum atomic E-state index is -3.59. The molecule has 0 saturated carbocycles. The Kier molecular flexibility index (Phi) is 4.72. The second kappa shape index (κ2) is 6.78. The van der Waals surface area contributed by atoms with Crippen molar-refractivity contribution in [3.8, 4) is 11.5 Å². The number of hydrogen-bond donors (Lipinski definition) is 1. The van der Waals surface area contributed by atoms with E-state index in [1.54, 1.807) is 6.07 Å². The van der Waals surface area contributed by atoms with Gasteiger partial charge in [-0.25, -0.2) is 13.4 Å². The molecule has 1 aromatic heterocycles. The number of amides is 1. The van der Waals surface area contributed by atoms with Gasteiger partial charge in [0.1, 0.15) is 13.2 Å².